The van der Waals surface area contributed by atoms with E-state index in [0.717, 1.165) is 5.06 Å². The lowest BCUT2D eigenvalue weighted by molar-refractivity contribution is -0.0631. The van der Waals surface area contributed by atoms with Crippen LogP contribution in [0.25, 0.3) is 0 Å². The summed E-state index contributed by atoms with van der Waals surface area (Å²) < 4.78 is 0. The van der Waals surface area contributed by atoms with Crippen molar-refractivity contribution >= 4 is 0 Å². The molecule has 0 aliphatic rings. The van der Waals surface area contributed by atoms with Crippen molar-refractivity contribution in [3.63, 3.8) is 0 Å². The van der Waals surface area contributed by atoms with E-state index >= 15 is 0 Å². The zero-order valence-electron chi connectivity index (χ0n) is 5.67. The van der Waals surface area contributed by atoms with Crippen LogP contribution in [-0.4, -0.2) is 48.7 Å². The molecule has 0 saturated carbocycles. The summed E-state index contributed by atoms with van der Waals surface area (Å²) in [5, 5.41) is 20.9. The average molecular weight is 134 g/mol. The molecule has 0 unspecified atom stereocenters. The monoisotopic (exact) mass is 134 g/mol. The molecule has 9 heavy (non-hydrogen) atoms. The minimum absolute atomic E-state index is 0.148. The van der Waals surface area contributed by atoms with Crippen LogP contribution < -0.4 is 5.32 Å². The fourth-order valence-electron chi connectivity index (χ4n) is 0.445. The first-order valence-electron chi connectivity index (χ1n) is 2.99. The van der Waals surface area contributed by atoms with Crippen LogP contribution in [0.3, 0.4) is 0 Å². The van der Waals surface area contributed by atoms with Crippen LogP contribution in [0.4, 0.5) is 0 Å². The highest BCUT2D eigenvalue weighted by Crippen LogP contribution is 1.68. The molecule has 0 fully saturated rings. The van der Waals surface area contributed by atoms with E-state index in [4.69, 9.17) is 10.3 Å². The van der Waals surface area contributed by atoms with E-state index in [0.29, 0.717) is 19.6 Å². The van der Waals surface area contributed by atoms with Crippen molar-refractivity contribution in [1.29, 1.82) is 0 Å². The molecule has 0 radical (unpaired) electrons. The zero-order valence-corrected chi connectivity index (χ0v) is 5.67. The van der Waals surface area contributed by atoms with Crippen molar-refractivity contribution < 1.29 is 10.3 Å². The summed E-state index contributed by atoms with van der Waals surface area (Å²) in [5.74, 6) is 0. The Morgan fingerprint density at radius 1 is 1.44 bits per heavy atom. The number of hydroxylamine groups is 2. The van der Waals surface area contributed by atoms with Gasteiger partial charge in [0.2, 0.25) is 0 Å². The van der Waals surface area contributed by atoms with Gasteiger partial charge in [-0.2, -0.15) is 5.06 Å². The molecule has 0 aliphatic carbocycles. The van der Waals surface area contributed by atoms with Crippen LogP contribution in [0, 0.1) is 0 Å². The quantitative estimate of drug-likeness (QED) is 0.329. The molecule has 0 aromatic carbocycles. The fourth-order valence-corrected chi connectivity index (χ4v) is 0.445. The largest absolute Gasteiger partial charge is 0.395 e. The number of likely N-dealkylation sites (N-methyl/N-ethyl adjacent to an activating group) is 1. The lowest BCUT2D eigenvalue weighted by atomic mass is 10.6. The summed E-state index contributed by atoms with van der Waals surface area (Å²) >= 11 is 0. The maximum Gasteiger partial charge on any atom is 0.0555 e. The fraction of sp³-hybridized carbons (Fsp3) is 1.00. The Morgan fingerprint density at radius 3 is 2.56 bits per heavy atom. The van der Waals surface area contributed by atoms with E-state index in [1.807, 2.05) is 0 Å². The Bertz CT molecular complexity index is 58.9. The Labute approximate surface area is 55.1 Å². The van der Waals surface area contributed by atoms with Gasteiger partial charge in [-0.25, -0.2) is 0 Å². The molecular formula is C5H14N2O2. The van der Waals surface area contributed by atoms with Crippen molar-refractivity contribution in [3.05, 3.63) is 0 Å². The van der Waals surface area contributed by atoms with Crippen LogP contribution in [0.5, 0.6) is 0 Å². The van der Waals surface area contributed by atoms with Crippen LogP contribution in [-0.2, 0) is 0 Å². The summed E-state index contributed by atoms with van der Waals surface area (Å²) in [6, 6.07) is 0. The Hall–Kier alpha value is -0.160. The molecule has 0 aromatic heterocycles. The summed E-state index contributed by atoms with van der Waals surface area (Å²) in [4.78, 5) is 0. The Balaban J connectivity index is 2.75. The third-order valence-corrected chi connectivity index (χ3v) is 0.901. The van der Waals surface area contributed by atoms with Gasteiger partial charge in [-0.15, -0.1) is 0 Å². The minimum atomic E-state index is 0.148. The molecular weight excluding hydrogens is 120 g/mol. The predicted molar refractivity (Wildman–Crippen MR) is 34.4 cm³/mol. The lowest BCUT2D eigenvalue weighted by Gasteiger charge is -2.07. The maximum absolute atomic E-state index is 8.58. The normalized spacial score (nSPS) is 10.7. The van der Waals surface area contributed by atoms with E-state index in [9.17, 15) is 0 Å². The predicted octanol–water partition coefficient (Wildman–Crippen LogP) is -1.11. The van der Waals surface area contributed by atoms with Gasteiger partial charge in [0, 0.05) is 26.7 Å². The van der Waals surface area contributed by atoms with Crippen LogP contribution in [0.15, 0.2) is 0 Å². The van der Waals surface area contributed by atoms with Crippen molar-refractivity contribution in [2.75, 3.05) is 33.3 Å². The second-order valence-corrected chi connectivity index (χ2v) is 1.85. The standard InChI is InChI=1S/C5H14N2O2/c1-7(9)4-2-6-3-5-8/h6,8-9H,2-5H2,1H3. The summed E-state index contributed by atoms with van der Waals surface area (Å²) in [5.41, 5.74) is 0. The zero-order chi connectivity index (χ0) is 7.11. The molecule has 0 atom stereocenters. The first kappa shape index (κ1) is 8.84. The Morgan fingerprint density at radius 2 is 2.11 bits per heavy atom. The third kappa shape index (κ3) is 7.84. The number of aliphatic hydroxyl groups excluding tert-OH is 1. The molecule has 0 rings (SSSR count). The van der Waals surface area contributed by atoms with E-state index in [2.05, 4.69) is 5.32 Å². The number of hydrogen-bond donors (Lipinski definition) is 3. The van der Waals surface area contributed by atoms with E-state index in [1.165, 1.54) is 0 Å². The Kier molecular flexibility index (Phi) is 5.86. The van der Waals surface area contributed by atoms with Gasteiger partial charge in [-0.3, -0.25) is 0 Å². The lowest BCUT2D eigenvalue weighted by Crippen LogP contribution is -2.28. The smallest absolute Gasteiger partial charge is 0.0555 e. The molecule has 0 amide bonds. The van der Waals surface area contributed by atoms with E-state index < -0.39 is 0 Å². The molecule has 0 bridgehead atoms. The molecule has 4 heteroatoms. The molecule has 3 N–H and O–H groups in total. The summed E-state index contributed by atoms with van der Waals surface area (Å²) in [7, 11) is 1.58. The number of nitrogens with zero attached hydrogens (tertiary/aromatic N) is 1. The maximum atomic E-state index is 8.58. The van der Waals surface area contributed by atoms with Gasteiger partial charge in [0.05, 0.1) is 6.61 Å². The van der Waals surface area contributed by atoms with Crippen molar-refractivity contribution in [1.82, 2.24) is 10.4 Å². The second-order valence-electron chi connectivity index (χ2n) is 1.85. The molecule has 0 aromatic rings. The molecule has 0 aliphatic heterocycles. The highest BCUT2D eigenvalue weighted by molar-refractivity contribution is 4.45. The van der Waals surface area contributed by atoms with Crippen LogP contribution in [0.2, 0.25) is 0 Å². The third-order valence-electron chi connectivity index (χ3n) is 0.901. The number of aliphatic hydroxyl groups is 1. The van der Waals surface area contributed by atoms with Crippen LogP contribution >= 0.6 is 0 Å². The SMILES string of the molecule is CN(O)CCNCCO. The second kappa shape index (κ2) is 5.97. The van der Waals surface area contributed by atoms with Gasteiger partial charge >= 0.3 is 0 Å². The molecule has 0 spiro atoms. The van der Waals surface area contributed by atoms with Crippen molar-refractivity contribution in [3.8, 4) is 0 Å². The average Bonchev–Trinajstić information content (AvgIpc) is 1.80. The first-order valence-corrected chi connectivity index (χ1v) is 2.99. The van der Waals surface area contributed by atoms with Gasteiger partial charge in [0.1, 0.15) is 0 Å². The van der Waals surface area contributed by atoms with Gasteiger partial charge in [-0.1, -0.05) is 0 Å². The minimum Gasteiger partial charge on any atom is -0.395 e. The van der Waals surface area contributed by atoms with Crippen LogP contribution in [0.1, 0.15) is 0 Å². The first-order chi connectivity index (χ1) is 4.27. The summed E-state index contributed by atoms with van der Waals surface area (Å²) in [6.45, 7) is 2.02. The van der Waals surface area contributed by atoms with Gasteiger partial charge in [-0.05, 0) is 0 Å². The van der Waals surface area contributed by atoms with Crippen molar-refractivity contribution in [2.45, 2.75) is 0 Å². The number of hydrogen-bond acceptors (Lipinski definition) is 4. The van der Waals surface area contributed by atoms with E-state index in [-0.39, 0.29) is 6.61 Å². The van der Waals surface area contributed by atoms with Gasteiger partial charge in [0.15, 0.2) is 0 Å². The highest BCUT2D eigenvalue weighted by atomic mass is 16.5. The highest BCUT2D eigenvalue weighted by Gasteiger charge is 1.88. The molecule has 0 heterocycles. The number of nitrogens with one attached hydrogen (secondary N) is 1. The van der Waals surface area contributed by atoms with Gasteiger partial charge in [0.25, 0.3) is 0 Å². The van der Waals surface area contributed by atoms with E-state index in [1.54, 1.807) is 7.05 Å². The van der Waals surface area contributed by atoms with Crippen molar-refractivity contribution in [2.24, 2.45) is 0 Å². The number of rotatable bonds is 5. The molecule has 4 nitrogen and oxygen atoms in total. The molecule has 0 saturated heterocycles. The molecule has 56 valence electrons. The topological polar surface area (TPSA) is 55.7 Å². The van der Waals surface area contributed by atoms with Gasteiger partial charge < -0.3 is 15.6 Å². The summed E-state index contributed by atoms with van der Waals surface area (Å²) in [6.07, 6.45) is 0.